The van der Waals surface area contributed by atoms with Crippen molar-refractivity contribution in [1.82, 2.24) is 4.98 Å². The number of esters is 1. The highest BCUT2D eigenvalue weighted by Crippen LogP contribution is 2.25. The Morgan fingerprint density at radius 3 is 2.81 bits per heavy atom. The van der Waals surface area contributed by atoms with Crippen molar-refractivity contribution in [2.24, 2.45) is 0 Å². The number of nitrogens with zero attached hydrogens (tertiary/aromatic N) is 2. The molecule has 0 spiro atoms. The van der Waals surface area contributed by atoms with Gasteiger partial charge in [0.05, 0.1) is 0 Å². The van der Waals surface area contributed by atoms with Gasteiger partial charge in [0, 0.05) is 0 Å². The van der Waals surface area contributed by atoms with Gasteiger partial charge in [-0.3, -0.25) is 0 Å². The van der Waals surface area contributed by atoms with Crippen LogP contribution in [0.2, 0.25) is 0 Å². The second-order valence-electron chi connectivity index (χ2n) is 5.04. The van der Waals surface area contributed by atoms with Crippen LogP contribution in [0.4, 0.5) is 5.82 Å². The Balaban J connectivity index is 1.95. The van der Waals surface area contributed by atoms with Gasteiger partial charge in [-0.2, -0.15) is 0 Å². The molecule has 0 radical (unpaired) electrons. The number of hydrogen-bond acceptors (Lipinski definition) is 6. The van der Waals surface area contributed by atoms with Crippen molar-refractivity contribution in [1.29, 1.82) is 0 Å². The summed E-state index contributed by atoms with van der Waals surface area (Å²) in [6.45, 7) is 1.52. The SMILES string of the molecule is CC(Oc1cccnc1[N+](=O)[O-])C(=O)OC1CCCCC1. The lowest BCUT2D eigenvalue weighted by atomic mass is 9.98. The average Bonchev–Trinajstić information content (AvgIpc) is 2.48. The molecule has 114 valence electrons. The molecule has 0 N–H and O–H groups in total. The van der Waals surface area contributed by atoms with E-state index in [1.54, 1.807) is 0 Å². The summed E-state index contributed by atoms with van der Waals surface area (Å²) >= 11 is 0. The maximum atomic E-state index is 12.0. The molecule has 0 aromatic carbocycles. The molecule has 7 nitrogen and oxygen atoms in total. The lowest BCUT2D eigenvalue weighted by Gasteiger charge is -2.23. The summed E-state index contributed by atoms with van der Waals surface area (Å²) in [4.78, 5) is 25.8. The molecular weight excluding hydrogens is 276 g/mol. The lowest BCUT2D eigenvalue weighted by Crippen LogP contribution is -2.31. The van der Waals surface area contributed by atoms with Crippen molar-refractivity contribution in [2.75, 3.05) is 0 Å². The van der Waals surface area contributed by atoms with Gasteiger partial charge in [-0.1, -0.05) is 6.42 Å². The number of pyridine rings is 1. The highest BCUT2D eigenvalue weighted by molar-refractivity contribution is 5.75. The topological polar surface area (TPSA) is 91.6 Å². The standard InChI is InChI=1S/C14H18N2O5/c1-10(14(17)21-11-6-3-2-4-7-11)20-12-8-5-9-15-13(12)16(18)19/h5,8-11H,2-4,6-7H2,1H3. The molecule has 1 fully saturated rings. The zero-order valence-electron chi connectivity index (χ0n) is 11.9. The van der Waals surface area contributed by atoms with Crippen LogP contribution in [0.1, 0.15) is 39.0 Å². The van der Waals surface area contributed by atoms with Crippen molar-refractivity contribution < 1.29 is 19.2 Å². The Kier molecular flexibility index (Phi) is 5.08. The van der Waals surface area contributed by atoms with Gasteiger partial charge in [-0.25, -0.2) is 4.79 Å². The highest BCUT2D eigenvalue weighted by Gasteiger charge is 2.25. The van der Waals surface area contributed by atoms with Crippen LogP contribution >= 0.6 is 0 Å². The molecule has 1 atom stereocenters. The Labute approximate surface area is 122 Å². The van der Waals surface area contributed by atoms with Crippen molar-refractivity contribution >= 4 is 11.8 Å². The zero-order valence-corrected chi connectivity index (χ0v) is 11.9. The second-order valence-corrected chi connectivity index (χ2v) is 5.04. The molecule has 0 saturated heterocycles. The van der Waals surface area contributed by atoms with Crippen LogP contribution in [0.15, 0.2) is 18.3 Å². The van der Waals surface area contributed by atoms with E-state index < -0.39 is 22.8 Å². The molecule has 1 heterocycles. The molecule has 0 aliphatic heterocycles. The first-order valence-corrected chi connectivity index (χ1v) is 7.04. The van der Waals surface area contributed by atoms with Gasteiger partial charge in [-0.15, -0.1) is 0 Å². The molecule has 1 aliphatic carbocycles. The molecule has 1 aliphatic rings. The summed E-state index contributed by atoms with van der Waals surface area (Å²) in [6, 6.07) is 2.93. The minimum absolute atomic E-state index is 0.0319. The van der Waals surface area contributed by atoms with Crippen molar-refractivity contribution in [3.05, 3.63) is 28.4 Å². The van der Waals surface area contributed by atoms with E-state index in [0.717, 1.165) is 25.7 Å². The molecule has 0 amide bonds. The van der Waals surface area contributed by atoms with Gasteiger partial charge in [0.15, 0.2) is 6.10 Å². The third kappa shape index (κ3) is 4.14. The van der Waals surface area contributed by atoms with Crippen LogP contribution in [0.25, 0.3) is 0 Å². The summed E-state index contributed by atoms with van der Waals surface area (Å²) in [7, 11) is 0. The maximum absolute atomic E-state index is 12.0. The van der Waals surface area contributed by atoms with Crippen molar-refractivity contribution in [2.45, 2.75) is 51.2 Å². The van der Waals surface area contributed by atoms with Crippen LogP contribution in [0.5, 0.6) is 5.75 Å². The van der Waals surface area contributed by atoms with Crippen molar-refractivity contribution in [3.63, 3.8) is 0 Å². The number of hydrogen-bond donors (Lipinski definition) is 0. The molecule has 21 heavy (non-hydrogen) atoms. The Bertz CT molecular complexity index is 514. The van der Waals surface area contributed by atoms with E-state index in [1.807, 2.05) is 0 Å². The molecule has 1 unspecified atom stereocenters. The number of nitro groups is 1. The maximum Gasteiger partial charge on any atom is 0.406 e. The van der Waals surface area contributed by atoms with Gasteiger partial charge in [0.2, 0.25) is 5.75 Å². The largest absolute Gasteiger partial charge is 0.471 e. The van der Waals surface area contributed by atoms with E-state index in [2.05, 4.69) is 4.98 Å². The van der Waals surface area contributed by atoms with Gasteiger partial charge in [-0.05, 0) is 54.6 Å². The second kappa shape index (κ2) is 7.01. The van der Waals surface area contributed by atoms with Gasteiger partial charge in [0.25, 0.3) is 0 Å². The summed E-state index contributed by atoms with van der Waals surface area (Å²) < 4.78 is 10.7. The minimum Gasteiger partial charge on any atom is -0.471 e. The third-order valence-electron chi connectivity index (χ3n) is 3.39. The summed E-state index contributed by atoms with van der Waals surface area (Å²) in [5.74, 6) is -0.939. The first kappa shape index (κ1) is 15.2. The fraction of sp³-hybridized carbons (Fsp3) is 0.571. The molecule has 1 aromatic rings. The molecular formula is C14H18N2O5. The quantitative estimate of drug-likeness (QED) is 0.471. The zero-order chi connectivity index (χ0) is 15.2. The van der Waals surface area contributed by atoms with E-state index in [-0.39, 0.29) is 11.9 Å². The van der Waals surface area contributed by atoms with Crippen molar-refractivity contribution in [3.8, 4) is 5.75 Å². The number of carbonyl (C=O) groups excluding carboxylic acids is 1. The smallest absolute Gasteiger partial charge is 0.406 e. The fourth-order valence-electron chi connectivity index (χ4n) is 2.29. The number of carbonyl (C=O) groups is 1. The Morgan fingerprint density at radius 1 is 1.43 bits per heavy atom. The van der Waals surface area contributed by atoms with E-state index in [1.165, 1.54) is 31.7 Å². The van der Waals surface area contributed by atoms with E-state index in [9.17, 15) is 14.9 Å². The fourth-order valence-corrected chi connectivity index (χ4v) is 2.29. The van der Waals surface area contributed by atoms with E-state index >= 15 is 0 Å². The van der Waals surface area contributed by atoms with E-state index in [4.69, 9.17) is 9.47 Å². The van der Waals surface area contributed by atoms with Crippen LogP contribution in [0, 0.1) is 10.1 Å². The third-order valence-corrected chi connectivity index (χ3v) is 3.39. The molecule has 1 saturated carbocycles. The minimum atomic E-state index is -0.908. The average molecular weight is 294 g/mol. The molecule has 1 aromatic heterocycles. The van der Waals surface area contributed by atoms with Crippen LogP contribution in [0.3, 0.4) is 0 Å². The van der Waals surface area contributed by atoms with Gasteiger partial charge < -0.3 is 19.6 Å². The number of rotatable bonds is 5. The Morgan fingerprint density at radius 2 is 2.14 bits per heavy atom. The normalized spacial score (nSPS) is 17.0. The van der Waals surface area contributed by atoms with Crippen LogP contribution in [-0.4, -0.2) is 28.1 Å². The monoisotopic (exact) mass is 294 g/mol. The first-order chi connectivity index (χ1) is 10.1. The lowest BCUT2D eigenvalue weighted by molar-refractivity contribution is -0.390. The van der Waals surface area contributed by atoms with Crippen LogP contribution < -0.4 is 4.74 Å². The first-order valence-electron chi connectivity index (χ1n) is 7.04. The summed E-state index contributed by atoms with van der Waals surface area (Å²) in [5.41, 5.74) is 0. The molecule has 7 heteroatoms. The number of ether oxygens (including phenoxy) is 2. The highest BCUT2D eigenvalue weighted by atomic mass is 16.6. The van der Waals surface area contributed by atoms with Crippen LogP contribution in [-0.2, 0) is 9.53 Å². The predicted octanol–water partition coefficient (Wildman–Crippen LogP) is 2.63. The predicted molar refractivity (Wildman–Crippen MR) is 73.9 cm³/mol. The summed E-state index contributed by atoms with van der Waals surface area (Å²) in [6.07, 6.45) is 5.34. The summed E-state index contributed by atoms with van der Waals surface area (Å²) in [5, 5.41) is 10.8. The Hall–Kier alpha value is -2.18. The molecule has 2 rings (SSSR count). The van der Waals surface area contributed by atoms with Gasteiger partial charge >= 0.3 is 11.8 Å². The van der Waals surface area contributed by atoms with Gasteiger partial charge in [0.1, 0.15) is 12.3 Å². The molecule has 0 bridgehead atoms. The number of aromatic nitrogens is 1. The van der Waals surface area contributed by atoms with E-state index in [0.29, 0.717) is 0 Å².